The summed E-state index contributed by atoms with van der Waals surface area (Å²) < 4.78 is 0. The van der Waals surface area contributed by atoms with Crippen molar-refractivity contribution in [1.82, 2.24) is 0 Å². The highest BCUT2D eigenvalue weighted by molar-refractivity contribution is 5.96. The van der Waals surface area contributed by atoms with Gasteiger partial charge in [0.25, 0.3) is 0 Å². The predicted molar refractivity (Wildman–Crippen MR) is 163 cm³/mol. The average molecular weight is 525 g/mol. The average Bonchev–Trinajstić information content (AvgIpc) is 2.77. The molecule has 3 rings (SSSR count). The second-order valence-corrected chi connectivity index (χ2v) is 14.1. The molecule has 0 heterocycles. The highest BCUT2D eigenvalue weighted by atomic mass is 16.1. The summed E-state index contributed by atoms with van der Waals surface area (Å²) in [6.45, 7) is 18.4. The molecule has 38 heavy (non-hydrogen) atoms. The fourth-order valence-corrected chi connectivity index (χ4v) is 6.29. The van der Waals surface area contributed by atoms with Crippen LogP contribution >= 0.6 is 0 Å². The number of hydrogen-bond donors (Lipinski definition) is 0. The molecule has 3 nitrogen and oxygen atoms in total. The van der Waals surface area contributed by atoms with Gasteiger partial charge in [0.2, 0.25) is 0 Å². The zero-order valence-corrected chi connectivity index (χ0v) is 25.6. The minimum Gasteiger partial charge on any atom is -0.412 e. The molecule has 0 radical (unpaired) electrons. The van der Waals surface area contributed by atoms with Gasteiger partial charge in [-0.25, -0.2) is 0 Å². The van der Waals surface area contributed by atoms with Crippen molar-refractivity contribution in [1.29, 1.82) is 0 Å². The number of rotatable bonds is 9. The first-order valence-corrected chi connectivity index (χ1v) is 14.6. The molecule has 214 valence electrons. The number of Topliss-reactive ketones (excluding diaryl/α,β-unsaturated/α-hetero) is 1. The molecule has 0 spiro atoms. The van der Waals surface area contributed by atoms with E-state index in [1.54, 1.807) is 0 Å². The van der Waals surface area contributed by atoms with E-state index < -0.39 is 0 Å². The maximum absolute atomic E-state index is 13.5. The quantitative estimate of drug-likeness (QED) is 0.303. The molecule has 0 bridgehead atoms. The van der Waals surface area contributed by atoms with Crippen LogP contribution in [0.3, 0.4) is 0 Å². The Kier molecular flexibility index (Phi) is 12.9. The van der Waals surface area contributed by atoms with Crippen molar-refractivity contribution >= 4 is 5.78 Å². The Morgan fingerprint density at radius 3 is 2.05 bits per heavy atom. The van der Waals surface area contributed by atoms with Crippen molar-refractivity contribution in [3.8, 4) is 0 Å². The minimum absolute atomic E-state index is 0. The molecule has 1 aliphatic rings. The van der Waals surface area contributed by atoms with Crippen molar-refractivity contribution in [3.63, 3.8) is 0 Å². The van der Waals surface area contributed by atoms with Gasteiger partial charge in [0.05, 0.1) is 0 Å². The normalized spacial score (nSPS) is 17.9. The van der Waals surface area contributed by atoms with E-state index in [0.29, 0.717) is 23.5 Å². The Morgan fingerprint density at radius 1 is 0.816 bits per heavy atom. The molecule has 0 amide bonds. The molecular weight excluding hydrogens is 468 g/mol. The van der Waals surface area contributed by atoms with E-state index in [0.717, 1.165) is 37.2 Å². The summed E-state index contributed by atoms with van der Waals surface area (Å²) in [6, 6.07) is 13.6. The topological polar surface area (TPSA) is 80.1 Å². The summed E-state index contributed by atoms with van der Waals surface area (Å²) in [5, 5.41) is 0. The van der Waals surface area contributed by atoms with Crippen molar-refractivity contribution in [3.05, 3.63) is 69.8 Å². The number of benzene rings is 2. The molecule has 3 heteroatoms. The van der Waals surface area contributed by atoms with Crippen LogP contribution in [0.4, 0.5) is 0 Å². The van der Waals surface area contributed by atoms with E-state index in [4.69, 9.17) is 0 Å². The molecule has 2 aromatic rings. The number of carbonyl (C=O) groups is 1. The van der Waals surface area contributed by atoms with Crippen LogP contribution in [0.1, 0.15) is 138 Å². The highest BCUT2D eigenvalue weighted by Gasteiger charge is 2.27. The van der Waals surface area contributed by atoms with Crippen molar-refractivity contribution in [2.75, 3.05) is 0 Å². The first-order valence-electron chi connectivity index (χ1n) is 14.6. The third kappa shape index (κ3) is 10.7. The van der Waals surface area contributed by atoms with Gasteiger partial charge in [-0.15, -0.1) is 0 Å². The molecule has 0 aliphatic heterocycles. The highest BCUT2D eigenvalue weighted by Crippen LogP contribution is 2.41. The molecule has 2 aromatic carbocycles. The molecular formula is C35H56O3. The van der Waals surface area contributed by atoms with Gasteiger partial charge in [-0.3, -0.25) is 4.79 Å². The Hall–Kier alpha value is -1.97. The Labute approximate surface area is 233 Å². The maximum Gasteiger partial charge on any atom is 0.163 e. The number of hydrogen-bond acceptors (Lipinski definition) is 1. The van der Waals surface area contributed by atoms with E-state index in [-0.39, 0.29) is 16.4 Å². The third-order valence-electron chi connectivity index (χ3n) is 7.79. The summed E-state index contributed by atoms with van der Waals surface area (Å²) in [5.41, 5.74) is 8.36. The number of carbonyl (C=O) groups excluding carboxylic acids is 1. The van der Waals surface area contributed by atoms with Gasteiger partial charge in [0, 0.05) is 12.0 Å². The molecule has 1 saturated carbocycles. The van der Waals surface area contributed by atoms with E-state index in [1.165, 1.54) is 59.9 Å². The Balaban J connectivity index is 0.00000361. The summed E-state index contributed by atoms with van der Waals surface area (Å²) in [5.74, 6) is 1.75. The molecule has 1 aliphatic carbocycles. The first-order chi connectivity index (χ1) is 16.8. The maximum atomic E-state index is 13.5. The van der Waals surface area contributed by atoms with Gasteiger partial charge in [0.15, 0.2) is 5.78 Å². The fourth-order valence-electron chi connectivity index (χ4n) is 6.29. The lowest BCUT2D eigenvalue weighted by atomic mass is 9.72. The summed E-state index contributed by atoms with van der Waals surface area (Å²) in [7, 11) is 0. The van der Waals surface area contributed by atoms with Crippen molar-refractivity contribution in [2.45, 2.75) is 126 Å². The molecule has 0 atom stereocenters. The summed E-state index contributed by atoms with van der Waals surface area (Å²) in [6.07, 6.45) is 11.2. The van der Waals surface area contributed by atoms with Crippen molar-refractivity contribution < 1.29 is 15.7 Å². The van der Waals surface area contributed by atoms with Crippen LogP contribution in [0.25, 0.3) is 0 Å². The lowest BCUT2D eigenvalue weighted by Crippen LogP contribution is -2.19. The Morgan fingerprint density at radius 2 is 1.47 bits per heavy atom. The van der Waals surface area contributed by atoms with Gasteiger partial charge in [-0.05, 0) is 115 Å². The van der Waals surface area contributed by atoms with Gasteiger partial charge in [0.1, 0.15) is 0 Å². The van der Waals surface area contributed by atoms with E-state index >= 15 is 0 Å². The standard InChI is InChI=1S/C35H52O.2H2O/c1-9-10-28-14-11-25(2)19-30(28)17-18-33(36)32-21-27(24-35(6,7)8)20-31(22-32)29-15-12-26(13-16-29)23-34(3,4)5;;/h11,14,19-22,26,29H,9-10,12-13,15-18,23-24H2,1-8H3;2*1H2. The van der Waals surface area contributed by atoms with Crippen LogP contribution in [0.5, 0.6) is 0 Å². The summed E-state index contributed by atoms with van der Waals surface area (Å²) >= 11 is 0. The SMILES string of the molecule is CCCc1ccc(C)cc1CCC(=O)c1cc(CC(C)(C)C)cc(C2CCC(CC(C)(C)C)CC2)c1.O.O. The fraction of sp³-hybridized carbons (Fsp3) is 0.629. The van der Waals surface area contributed by atoms with E-state index in [2.05, 4.69) is 91.8 Å². The van der Waals surface area contributed by atoms with Crippen LogP contribution < -0.4 is 0 Å². The molecule has 4 N–H and O–H groups in total. The lowest BCUT2D eigenvalue weighted by Gasteiger charge is -2.33. The number of aryl methyl sites for hydroxylation is 3. The minimum atomic E-state index is 0. The van der Waals surface area contributed by atoms with Crippen LogP contribution in [0.2, 0.25) is 0 Å². The monoisotopic (exact) mass is 524 g/mol. The predicted octanol–water partition coefficient (Wildman–Crippen LogP) is 8.41. The second kappa shape index (κ2) is 14.4. The molecule has 0 aromatic heterocycles. The number of ketones is 1. The zero-order chi connectivity index (χ0) is 26.5. The smallest absolute Gasteiger partial charge is 0.163 e. The summed E-state index contributed by atoms with van der Waals surface area (Å²) in [4.78, 5) is 13.5. The van der Waals surface area contributed by atoms with Crippen LogP contribution in [0, 0.1) is 23.7 Å². The third-order valence-corrected chi connectivity index (χ3v) is 7.79. The Bertz CT molecular complexity index is 1010. The second-order valence-electron chi connectivity index (χ2n) is 14.1. The zero-order valence-electron chi connectivity index (χ0n) is 25.6. The molecule has 0 saturated heterocycles. The van der Waals surface area contributed by atoms with Crippen molar-refractivity contribution in [2.24, 2.45) is 16.7 Å². The van der Waals surface area contributed by atoms with Crippen LogP contribution in [0.15, 0.2) is 36.4 Å². The van der Waals surface area contributed by atoms with Gasteiger partial charge in [-0.1, -0.05) is 84.7 Å². The van der Waals surface area contributed by atoms with Gasteiger partial charge < -0.3 is 11.0 Å². The molecule has 1 fully saturated rings. The molecule has 0 unspecified atom stereocenters. The van der Waals surface area contributed by atoms with Gasteiger partial charge in [-0.2, -0.15) is 0 Å². The van der Waals surface area contributed by atoms with Crippen LogP contribution in [-0.2, 0) is 19.3 Å². The van der Waals surface area contributed by atoms with Gasteiger partial charge >= 0.3 is 0 Å². The van der Waals surface area contributed by atoms with Crippen LogP contribution in [-0.4, -0.2) is 16.7 Å². The first kappa shape index (κ1) is 34.1. The van der Waals surface area contributed by atoms with E-state index in [1.807, 2.05) is 0 Å². The van der Waals surface area contributed by atoms with E-state index in [9.17, 15) is 4.79 Å². The largest absolute Gasteiger partial charge is 0.412 e. The lowest BCUT2D eigenvalue weighted by molar-refractivity contribution is 0.0982.